The molecule has 0 spiro atoms. The number of nitrogens with zero attached hydrogens (tertiary/aromatic N) is 2. The van der Waals surface area contributed by atoms with E-state index in [0.717, 1.165) is 18.5 Å². The zero-order valence-corrected chi connectivity index (χ0v) is 12.8. The Kier molecular flexibility index (Phi) is 6.62. The van der Waals surface area contributed by atoms with Crippen LogP contribution >= 0.6 is 0 Å². The molecule has 2 N–H and O–H groups in total. The molecule has 0 aromatic carbocycles. The Balaban J connectivity index is 1.59. The molecule has 0 aromatic rings. The fraction of sp³-hybridized carbons (Fsp3) is 1.00. The topological polar surface area (TPSA) is 32.5 Å². The van der Waals surface area contributed by atoms with Crippen molar-refractivity contribution < 1.29 is 0 Å². The summed E-state index contributed by atoms with van der Waals surface area (Å²) >= 11 is 0. The van der Waals surface area contributed by atoms with E-state index in [4.69, 9.17) is 5.73 Å². The number of likely N-dealkylation sites (tertiary alicyclic amines) is 2. The van der Waals surface area contributed by atoms with Crippen molar-refractivity contribution in [3.05, 3.63) is 0 Å². The summed E-state index contributed by atoms with van der Waals surface area (Å²) in [7, 11) is 0. The molecule has 3 heteroatoms. The first-order valence-electron chi connectivity index (χ1n) is 8.46. The Morgan fingerprint density at radius 1 is 1.11 bits per heavy atom. The van der Waals surface area contributed by atoms with Crippen LogP contribution in [0.2, 0.25) is 0 Å². The Hall–Kier alpha value is -0.120. The molecule has 2 rings (SSSR count). The van der Waals surface area contributed by atoms with Gasteiger partial charge < -0.3 is 10.6 Å². The number of hydrogen-bond acceptors (Lipinski definition) is 3. The maximum Gasteiger partial charge on any atom is 0.0235 e. The molecule has 112 valence electrons. The van der Waals surface area contributed by atoms with Gasteiger partial charge in [-0.05, 0) is 77.2 Å². The van der Waals surface area contributed by atoms with Gasteiger partial charge in [-0.15, -0.1) is 0 Å². The molecular formula is C16H33N3. The quantitative estimate of drug-likeness (QED) is 0.768. The highest BCUT2D eigenvalue weighted by atomic mass is 15.3. The Bertz CT molecular complexity index is 238. The second-order valence-corrected chi connectivity index (χ2v) is 6.66. The molecule has 3 nitrogen and oxygen atoms in total. The van der Waals surface area contributed by atoms with E-state index in [1.54, 1.807) is 0 Å². The van der Waals surface area contributed by atoms with Crippen molar-refractivity contribution in [1.82, 2.24) is 9.80 Å². The Labute approximate surface area is 119 Å². The van der Waals surface area contributed by atoms with Crippen molar-refractivity contribution in [2.75, 3.05) is 39.3 Å². The summed E-state index contributed by atoms with van der Waals surface area (Å²) < 4.78 is 0. The van der Waals surface area contributed by atoms with Crippen molar-refractivity contribution in [3.8, 4) is 0 Å². The van der Waals surface area contributed by atoms with Crippen molar-refractivity contribution >= 4 is 0 Å². The van der Waals surface area contributed by atoms with E-state index >= 15 is 0 Å². The van der Waals surface area contributed by atoms with Gasteiger partial charge in [-0.1, -0.05) is 13.3 Å². The average Bonchev–Trinajstić information content (AvgIpc) is 2.89. The molecule has 2 heterocycles. The third-order valence-corrected chi connectivity index (χ3v) is 4.99. The Morgan fingerprint density at radius 2 is 1.89 bits per heavy atom. The van der Waals surface area contributed by atoms with Crippen LogP contribution in [-0.2, 0) is 0 Å². The summed E-state index contributed by atoms with van der Waals surface area (Å²) in [6.07, 6.45) is 9.59. The first kappa shape index (κ1) is 15.3. The molecule has 0 aromatic heterocycles. The lowest BCUT2D eigenvalue weighted by atomic mass is 10.0. The maximum atomic E-state index is 5.61. The van der Waals surface area contributed by atoms with Gasteiger partial charge in [-0.2, -0.15) is 0 Å². The predicted molar refractivity (Wildman–Crippen MR) is 82.3 cm³/mol. The molecule has 2 aliphatic rings. The average molecular weight is 267 g/mol. The normalized spacial score (nSPS) is 27.8. The minimum Gasteiger partial charge on any atom is -0.330 e. The third-order valence-electron chi connectivity index (χ3n) is 4.99. The van der Waals surface area contributed by atoms with Crippen LogP contribution in [0.4, 0.5) is 0 Å². The standard InChI is InChI=1S/C16H33N3/c1-15(7-9-17)6-5-10-18-13-8-16(14-18)19-11-3-2-4-12-19/h15-16H,2-14,17H2,1H3. The number of nitrogens with two attached hydrogens (primary N) is 1. The molecule has 2 unspecified atom stereocenters. The van der Waals surface area contributed by atoms with Gasteiger partial charge in [0.2, 0.25) is 0 Å². The zero-order valence-electron chi connectivity index (χ0n) is 12.8. The molecule has 2 saturated heterocycles. The van der Waals surface area contributed by atoms with E-state index < -0.39 is 0 Å². The van der Waals surface area contributed by atoms with E-state index in [1.807, 2.05) is 0 Å². The van der Waals surface area contributed by atoms with Crippen LogP contribution in [-0.4, -0.2) is 55.1 Å². The summed E-state index contributed by atoms with van der Waals surface area (Å²) in [5.74, 6) is 0.811. The largest absolute Gasteiger partial charge is 0.330 e. The maximum absolute atomic E-state index is 5.61. The second kappa shape index (κ2) is 8.23. The van der Waals surface area contributed by atoms with Crippen LogP contribution in [0.25, 0.3) is 0 Å². The molecule has 0 radical (unpaired) electrons. The van der Waals surface area contributed by atoms with Crippen molar-refractivity contribution in [3.63, 3.8) is 0 Å². The summed E-state index contributed by atoms with van der Waals surface area (Å²) in [6, 6.07) is 0.863. The lowest BCUT2D eigenvalue weighted by Gasteiger charge is -2.32. The fourth-order valence-electron chi connectivity index (χ4n) is 3.69. The van der Waals surface area contributed by atoms with E-state index in [0.29, 0.717) is 0 Å². The van der Waals surface area contributed by atoms with Gasteiger partial charge in [0.15, 0.2) is 0 Å². The molecule has 2 aliphatic heterocycles. The minimum absolute atomic E-state index is 0.811. The predicted octanol–water partition coefficient (Wildman–Crippen LogP) is 2.31. The van der Waals surface area contributed by atoms with Crippen LogP contribution in [0.3, 0.4) is 0 Å². The summed E-state index contributed by atoms with van der Waals surface area (Å²) in [5.41, 5.74) is 5.61. The summed E-state index contributed by atoms with van der Waals surface area (Å²) in [5, 5.41) is 0. The highest BCUT2D eigenvalue weighted by Gasteiger charge is 2.27. The van der Waals surface area contributed by atoms with Gasteiger partial charge in [0.05, 0.1) is 0 Å². The van der Waals surface area contributed by atoms with Crippen LogP contribution in [0.5, 0.6) is 0 Å². The van der Waals surface area contributed by atoms with Crippen LogP contribution < -0.4 is 5.73 Å². The molecule has 2 atom stereocenters. The van der Waals surface area contributed by atoms with Gasteiger partial charge in [-0.25, -0.2) is 0 Å². The first-order chi connectivity index (χ1) is 9.29. The molecular weight excluding hydrogens is 234 g/mol. The van der Waals surface area contributed by atoms with Gasteiger partial charge >= 0.3 is 0 Å². The van der Waals surface area contributed by atoms with Crippen LogP contribution in [0, 0.1) is 5.92 Å². The molecule has 0 amide bonds. The number of rotatable bonds is 7. The highest BCUT2D eigenvalue weighted by Crippen LogP contribution is 2.21. The van der Waals surface area contributed by atoms with Crippen molar-refractivity contribution in [2.24, 2.45) is 11.7 Å². The molecule has 0 saturated carbocycles. The fourth-order valence-corrected chi connectivity index (χ4v) is 3.69. The lowest BCUT2D eigenvalue weighted by molar-refractivity contribution is 0.161. The molecule has 19 heavy (non-hydrogen) atoms. The molecule has 2 fully saturated rings. The molecule has 0 aliphatic carbocycles. The van der Waals surface area contributed by atoms with E-state index in [-0.39, 0.29) is 0 Å². The van der Waals surface area contributed by atoms with Crippen LogP contribution in [0.1, 0.15) is 51.9 Å². The monoisotopic (exact) mass is 267 g/mol. The third kappa shape index (κ3) is 5.05. The smallest absolute Gasteiger partial charge is 0.0235 e. The van der Waals surface area contributed by atoms with Crippen LogP contribution in [0.15, 0.2) is 0 Å². The summed E-state index contributed by atoms with van der Waals surface area (Å²) in [6.45, 7) is 9.85. The first-order valence-corrected chi connectivity index (χ1v) is 8.46. The highest BCUT2D eigenvalue weighted by molar-refractivity contribution is 4.84. The van der Waals surface area contributed by atoms with Gasteiger partial charge in [0, 0.05) is 12.6 Å². The lowest BCUT2D eigenvalue weighted by Crippen LogP contribution is -2.40. The Morgan fingerprint density at radius 3 is 2.63 bits per heavy atom. The molecule has 0 bridgehead atoms. The van der Waals surface area contributed by atoms with Gasteiger partial charge in [-0.3, -0.25) is 4.90 Å². The van der Waals surface area contributed by atoms with E-state index in [9.17, 15) is 0 Å². The number of hydrogen-bond donors (Lipinski definition) is 1. The van der Waals surface area contributed by atoms with E-state index in [1.165, 1.54) is 77.7 Å². The van der Waals surface area contributed by atoms with Gasteiger partial charge in [0.25, 0.3) is 0 Å². The van der Waals surface area contributed by atoms with E-state index in [2.05, 4.69) is 16.7 Å². The van der Waals surface area contributed by atoms with Crippen molar-refractivity contribution in [1.29, 1.82) is 0 Å². The van der Waals surface area contributed by atoms with Crippen molar-refractivity contribution in [2.45, 2.75) is 57.9 Å². The summed E-state index contributed by atoms with van der Waals surface area (Å²) in [4.78, 5) is 5.44. The minimum atomic E-state index is 0.811. The SMILES string of the molecule is CC(CCN)CCCN1CCC(N2CCCCC2)C1. The van der Waals surface area contributed by atoms with Gasteiger partial charge in [0.1, 0.15) is 0 Å². The number of piperidine rings is 1. The second-order valence-electron chi connectivity index (χ2n) is 6.66. The zero-order chi connectivity index (χ0) is 13.5.